The highest BCUT2D eigenvalue weighted by Crippen LogP contribution is 2.22. The molecular formula is C11H8FNO2. The van der Waals surface area contributed by atoms with Gasteiger partial charge in [-0.05, 0) is 30.7 Å². The molecule has 0 fully saturated rings. The summed E-state index contributed by atoms with van der Waals surface area (Å²) in [4.78, 5) is 10.4. The third kappa shape index (κ3) is 1.79. The number of rotatable bonds is 2. The smallest absolute Gasteiger partial charge is 0.171 e. The second-order valence-electron chi connectivity index (χ2n) is 3.20. The molecule has 0 N–H and O–H groups in total. The molecule has 0 atom stereocenters. The minimum Gasteiger partial charge on any atom is -0.356 e. The highest BCUT2D eigenvalue weighted by molar-refractivity contribution is 5.74. The SMILES string of the molecule is Cc1cc(-c2cc(C=O)no2)ccc1F. The molecule has 0 bridgehead atoms. The first kappa shape index (κ1) is 9.58. The Hall–Kier alpha value is -1.97. The van der Waals surface area contributed by atoms with E-state index in [-0.39, 0.29) is 11.5 Å². The van der Waals surface area contributed by atoms with Gasteiger partial charge in [-0.15, -0.1) is 0 Å². The van der Waals surface area contributed by atoms with E-state index < -0.39 is 0 Å². The first-order valence-corrected chi connectivity index (χ1v) is 4.39. The van der Waals surface area contributed by atoms with Crippen molar-refractivity contribution in [3.8, 4) is 11.3 Å². The molecule has 76 valence electrons. The van der Waals surface area contributed by atoms with Gasteiger partial charge in [-0.25, -0.2) is 4.39 Å². The topological polar surface area (TPSA) is 43.1 Å². The molecule has 1 heterocycles. The van der Waals surface area contributed by atoms with Crippen LogP contribution in [0.25, 0.3) is 11.3 Å². The van der Waals surface area contributed by atoms with Crippen LogP contribution in [-0.2, 0) is 0 Å². The Morgan fingerprint density at radius 1 is 1.40 bits per heavy atom. The minimum absolute atomic E-state index is 0.229. The summed E-state index contributed by atoms with van der Waals surface area (Å²) in [5, 5.41) is 3.53. The van der Waals surface area contributed by atoms with Gasteiger partial charge in [0.2, 0.25) is 0 Å². The average molecular weight is 205 g/mol. The molecule has 4 heteroatoms. The molecule has 15 heavy (non-hydrogen) atoms. The number of aryl methyl sites for hydroxylation is 1. The highest BCUT2D eigenvalue weighted by Gasteiger charge is 2.07. The molecule has 0 saturated heterocycles. The molecule has 0 spiro atoms. The molecule has 1 aromatic carbocycles. The molecule has 0 aliphatic heterocycles. The van der Waals surface area contributed by atoms with Gasteiger partial charge in [-0.1, -0.05) is 5.16 Å². The van der Waals surface area contributed by atoms with Crippen molar-refractivity contribution in [3.63, 3.8) is 0 Å². The summed E-state index contributed by atoms with van der Waals surface area (Å²) in [5.41, 5.74) is 1.46. The molecule has 1 aromatic heterocycles. The van der Waals surface area contributed by atoms with Crippen LogP contribution in [0, 0.1) is 12.7 Å². The van der Waals surface area contributed by atoms with Crippen LogP contribution in [0.4, 0.5) is 4.39 Å². The first-order chi connectivity index (χ1) is 7.20. The highest BCUT2D eigenvalue weighted by atomic mass is 19.1. The van der Waals surface area contributed by atoms with Gasteiger partial charge in [0.25, 0.3) is 0 Å². The zero-order valence-corrected chi connectivity index (χ0v) is 8.03. The average Bonchev–Trinajstić information content (AvgIpc) is 2.70. The Bertz CT molecular complexity index is 505. The summed E-state index contributed by atoms with van der Waals surface area (Å²) in [6, 6.07) is 6.09. The van der Waals surface area contributed by atoms with E-state index in [0.717, 1.165) is 0 Å². The largest absolute Gasteiger partial charge is 0.356 e. The molecule has 2 rings (SSSR count). The van der Waals surface area contributed by atoms with Crippen LogP contribution < -0.4 is 0 Å². The van der Waals surface area contributed by atoms with E-state index in [1.54, 1.807) is 19.1 Å². The van der Waals surface area contributed by atoms with Crippen molar-refractivity contribution in [2.24, 2.45) is 0 Å². The Morgan fingerprint density at radius 2 is 2.20 bits per heavy atom. The van der Waals surface area contributed by atoms with E-state index >= 15 is 0 Å². The molecule has 0 saturated carbocycles. The fourth-order valence-electron chi connectivity index (χ4n) is 1.28. The number of carbonyl (C=O) groups excluding carboxylic acids is 1. The monoisotopic (exact) mass is 205 g/mol. The minimum atomic E-state index is -0.270. The van der Waals surface area contributed by atoms with Gasteiger partial charge in [0.05, 0.1) is 0 Å². The van der Waals surface area contributed by atoms with Gasteiger partial charge in [0.1, 0.15) is 11.5 Å². The predicted molar refractivity (Wildman–Crippen MR) is 52.0 cm³/mol. The summed E-state index contributed by atoms with van der Waals surface area (Å²) in [6.45, 7) is 1.66. The van der Waals surface area contributed by atoms with Crippen LogP contribution in [0.5, 0.6) is 0 Å². The van der Waals surface area contributed by atoms with E-state index in [4.69, 9.17) is 4.52 Å². The zero-order valence-electron chi connectivity index (χ0n) is 8.03. The van der Waals surface area contributed by atoms with Gasteiger partial charge < -0.3 is 4.52 Å². The van der Waals surface area contributed by atoms with Crippen LogP contribution in [0.1, 0.15) is 16.1 Å². The van der Waals surface area contributed by atoms with Crippen molar-refractivity contribution in [1.82, 2.24) is 5.16 Å². The first-order valence-electron chi connectivity index (χ1n) is 4.39. The van der Waals surface area contributed by atoms with Gasteiger partial charge in [0.15, 0.2) is 12.0 Å². The number of hydrogen-bond acceptors (Lipinski definition) is 3. The van der Waals surface area contributed by atoms with Crippen LogP contribution in [0.3, 0.4) is 0 Å². The summed E-state index contributed by atoms with van der Waals surface area (Å²) in [7, 11) is 0. The van der Waals surface area contributed by atoms with E-state index in [2.05, 4.69) is 5.16 Å². The molecule has 0 aliphatic carbocycles. The lowest BCUT2D eigenvalue weighted by Crippen LogP contribution is -1.82. The third-order valence-corrected chi connectivity index (χ3v) is 2.09. The molecule has 0 unspecified atom stereocenters. The maximum Gasteiger partial charge on any atom is 0.171 e. The predicted octanol–water partition coefficient (Wildman–Crippen LogP) is 2.60. The van der Waals surface area contributed by atoms with E-state index in [9.17, 15) is 9.18 Å². The number of aldehydes is 1. The van der Waals surface area contributed by atoms with E-state index in [1.807, 2.05) is 0 Å². The Kier molecular flexibility index (Phi) is 2.33. The number of aromatic nitrogens is 1. The quantitative estimate of drug-likeness (QED) is 0.708. The van der Waals surface area contributed by atoms with Crippen LogP contribution in [-0.4, -0.2) is 11.4 Å². The number of hydrogen-bond donors (Lipinski definition) is 0. The van der Waals surface area contributed by atoms with Crippen molar-refractivity contribution in [3.05, 3.63) is 41.3 Å². The summed E-state index contributed by atoms with van der Waals surface area (Å²) in [6.07, 6.45) is 0.601. The summed E-state index contributed by atoms with van der Waals surface area (Å²) in [5.74, 6) is 0.189. The fraction of sp³-hybridized carbons (Fsp3) is 0.0909. The second kappa shape index (κ2) is 3.65. The normalized spacial score (nSPS) is 10.3. The lowest BCUT2D eigenvalue weighted by Gasteiger charge is -1.98. The molecule has 0 amide bonds. The number of halogens is 1. The maximum atomic E-state index is 13.0. The Labute approximate surface area is 85.5 Å². The van der Waals surface area contributed by atoms with Gasteiger partial charge in [-0.3, -0.25) is 4.79 Å². The number of nitrogens with zero attached hydrogens (tertiary/aromatic N) is 1. The molecule has 2 aromatic rings. The van der Waals surface area contributed by atoms with Gasteiger partial charge in [0, 0.05) is 11.6 Å². The van der Waals surface area contributed by atoms with Crippen LogP contribution in [0.15, 0.2) is 28.8 Å². The molecule has 3 nitrogen and oxygen atoms in total. The van der Waals surface area contributed by atoms with Crippen molar-refractivity contribution in [1.29, 1.82) is 0 Å². The zero-order chi connectivity index (χ0) is 10.8. The lowest BCUT2D eigenvalue weighted by atomic mass is 10.1. The molecule has 0 aliphatic rings. The van der Waals surface area contributed by atoms with Crippen molar-refractivity contribution in [2.75, 3.05) is 0 Å². The second-order valence-corrected chi connectivity index (χ2v) is 3.20. The Morgan fingerprint density at radius 3 is 2.80 bits per heavy atom. The molecule has 0 radical (unpaired) electrons. The Balaban J connectivity index is 2.44. The standard InChI is InChI=1S/C11H8FNO2/c1-7-4-8(2-3-10(7)12)11-5-9(6-14)13-15-11/h2-6H,1H3. The third-order valence-electron chi connectivity index (χ3n) is 2.09. The van der Waals surface area contributed by atoms with Crippen molar-refractivity contribution >= 4 is 6.29 Å². The summed E-state index contributed by atoms with van der Waals surface area (Å²) < 4.78 is 17.9. The molecular weight excluding hydrogens is 197 g/mol. The van der Waals surface area contributed by atoms with Gasteiger partial charge >= 0.3 is 0 Å². The number of carbonyl (C=O) groups is 1. The van der Waals surface area contributed by atoms with Crippen molar-refractivity contribution in [2.45, 2.75) is 6.92 Å². The van der Waals surface area contributed by atoms with Crippen molar-refractivity contribution < 1.29 is 13.7 Å². The lowest BCUT2D eigenvalue weighted by molar-refractivity contribution is 0.111. The van der Waals surface area contributed by atoms with Crippen LogP contribution in [0.2, 0.25) is 0 Å². The van der Waals surface area contributed by atoms with E-state index in [0.29, 0.717) is 23.2 Å². The van der Waals surface area contributed by atoms with Crippen LogP contribution >= 0.6 is 0 Å². The summed E-state index contributed by atoms with van der Waals surface area (Å²) >= 11 is 0. The number of benzene rings is 1. The maximum absolute atomic E-state index is 13.0. The fourth-order valence-corrected chi connectivity index (χ4v) is 1.28. The van der Waals surface area contributed by atoms with Gasteiger partial charge in [-0.2, -0.15) is 0 Å². The van der Waals surface area contributed by atoms with E-state index in [1.165, 1.54) is 12.1 Å².